The van der Waals surface area contributed by atoms with Crippen LogP contribution in [0.3, 0.4) is 0 Å². The van der Waals surface area contributed by atoms with Gasteiger partial charge in [-0.2, -0.15) is 0 Å². The van der Waals surface area contributed by atoms with Crippen molar-refractivity contribution in [1.29, 1.82) is 0 Å². The van der Waals surface area contributed by atoms with Gasteiger partial charge >= 0.3 is 0 Å². The fourth-order valence-corrected chi connectivity index (χ4v) is 3.63. The largest absolute Gasteiger partial charge is 0.330 e. The maximum Gasteiger partial charge on any atom is 0.00674 e. The topological polar surface area (TPSA) is 38.0 Å². The lowest BCUT2D eigenvalue weighted by molar-refractivity contribution is 0.168. The molecule has 94 valence electrons. The molecule has 2 nitrogen and oxygen atoms in total. The summed E-state index contributed by atoms with van der Waals surface area (Å²) in [6.07, 6.45) is 14.3. The number of nitrogens with one attached hydrogen (secondary N) is 1. The zero-order valence-electron chi connectivity index (χ0n) is 10.6. The van der Waals surface area contributed by atoms with Gasteiger partial charge in [-0.1, -0.05) is 12.8 Å². The third kappa shape index (κ3) is 3.21. The van der Waals surface area contributed by atoms with Crippen molar-refractivity contribution in [2.75, 3.05) is 13.1 Å². The highest BCUT2D eigenvalue weighted by atomic mass is 14.9. The molecular weight excluding hydrogens is 196 g/mol. The van der Waals surface area contributed by atoms with Crippen molar-refractivity contribution in [2.45, 2.75) is 70.3 Å². The molecule has 0 unspecified atom stereocenters. The van der Waals surface area contributed by atoms with Crippen LogP contribution in [0.2, 0.25) is 0 Å². The lowest BCUT2D eigenvalue weighted by Gasteiger charge is -2.37. The standard InChI is InChI=1S/C14H28N2/c15-11-3-4-12-16-13-5-9-14(10-6-13)7-1-2-8-14/h13,16H,1-12,15H2. The van der Waals surface area contributed by atoms with Crippen LogP contribution in [0.15, 0.2) is 0 Å². The highest BCUT2D eigenvalue weighted by Crippen LogP contribution is 2.48. The van der Waals surface area contributed by atoms with Gasteiger partial charge in [-0.15, -0.1) is 0 Å². The highest BCUT2D eigenvalue weighted by Gasteiger charge is 2.37. The Morgan fingerprint density at radius 3 is 2.31 bits per heavy atom. The third-order valence-corrected chi connectivity index (χ3v) is 4.77. The van der Waals surface area contributed by atoms with E-state index in [1.165, 1.54) is 70.8 Å². The smallest absolute Gasteiger partial charge is 0.00674 e. The molecule has 0 aromatic heterocycles. The zero-order chi connectivity index (χ0) is 11.3. The summed E-state index contributed by atoms with van der Waals surface area (Å²) in [5, 5.41) is 3.71. The second-order valence-electron chi connectivity index (χ2n) is 5.93. The van der Waals surface area contributed by atoms with E-state index >= 15 is 0 Å². The second-order valence-corrected chi connectivity index (χ2v) is 5.93. The molecule has 0 amide bonds. The molecule has 0 aliphatic heterocycles. The van der Waals surface area contributed by atoms with Crippen molar-refractivity contribution >= 4 is 0 Å². The molecule has 3 N–H and O–H groups in total. The number of hydrogen-bond acceptors (Lipinski definition) is 2. The predicted molar refractivity (Wildman–Crippen MR) is 69.4 cm³/mol. The van der Waals surface area contributed by atoms with Crippen LogP contribution in [-0.2, 0) is 0 Å². The maximum atomic E-state index is 5.50. The van der Waals surface area contributed by atoms with Gasteiger partial charge in [-0.3, -0.25) is 0 Å². The van der Waals surface area contributed by atoms with Crippen LogP contribution < -0.4 is 11.1 Å². The van der Waals surface area contributed by atoms with Crippen LogP contribution in [0, 0.1) is 5.41 Å². The SMILES string of the molecule is NCCCCNC1CCC2(CCCC2)CC1. The lowest BCUT2D eigenvalue weighted by atomic mass is 9.71. The van der Waals surface area contributed by atoms with E-state index in [1.54, 1.807) is 0 Å². The molecule has 0 aromatic carbocycles. The van der Waals surface area contributed by atoms with Gasteiger partial charge in [-0.05, 0) is 69.9 Å². The van der Waals surface area contributed by atoms with Crippen molar-refractivity contribution in [3.8, 4) is 0 Å². The average Bonchev–Trinajstić information content (AvgIpc) is 2.76. The first-order valence-corrected chi connectivity index (χ1v) is 7.28. The van der Waals surface area contributed by atoms with E-state index in [9.17, 15) is 0 Å². The Balaban J connectivity index is 1.61. The molecular formula is C14H28N2. The fraction of sp³-hybridized carbons (Fsp3) is 1.00. The molecule has 2 aliphatic carbocycles. The van der Waals surface area contributed by atoms with Gasteiger partial charge in [0, 0.05) is 6.04 Å². The van der Waals surface area contributed by atoms with E-state index in [0.717, 1.165) is 18.0 Å². The Kier molecular flexibility index (Phi) is 4.66. The highest BCUT2D eigenvalue weighted by molar-refractivity contribution is 4.91. The first-order valence-electron chi connectivity index (χ1n) is 7.28. The molecule has 0 saturated heterocycles. The van der Waals surface area contributed by atoms with E-state index < -0.39 is 0 Å². The maximum absolute atomic E-state index is 5.50. The van der Waals surface area contributed by atoms with Gasteiger partial charge in [0.1, 0.15) is 0 Å². The number of hydrogen-bond donors (Lipinski definition) is 2. The van der Waals surface area contributed by atoms with Gasteiger partial charge in [0.15, 0.2) is 0 Å². The van der Waals surface area contributed by atoms with Gasteiger partial charge < -0.3 is 11.1 Å². The molecule has 2 fully saturated rings. The number of unbranched alkanes of at least 4 members (excludes halogenated alkanes) is 1. The van der Waals surface area contributed by atoms with Gasteiger partial charge in [0.2, 0.25) is 0 Å². The summed E-state index contributed by atoms with van der Waals surface area (Å²) in [6, 6.07) is 0.809. The van der Waals surface area contributed by atoms with Crippen LogP contribution >= 0.6 is 0 Å². The van der Waals surface area contributed by atoms with E-state index in [2.05, 4.69) is 5.32 Å². The quantitative estimate of drug-likeness (QED) is 0.705. The van der Waals surface area contributed by atoms with Crippen molar-refractivity contribution in [1.82, 2.24) is 5.32 Å². The van der Waals surface area contributed by atoms with Crippen molar-refractivity contribution in [2.24, 2.45) is 11.1 Å². The number of rotatable bonds is 5. The normalized spacial score (nSPS) is 25.3. The van der Waals surface area contributed by atoms with Crippen molar-refractivity contribution < 1.29 is 0 Å². The molecule has 0 atom stereocenters. The Bertz CT molecular complexity index is 187. The summed E-state index contributed by atoms with van der Waals surface area (Å²) in [5.41, 5.74) is 6.29. The van der Waals surface area contributed by atoms with E-state index in [-0.39, 0.29) is 0 Å². The predicted octanol–water partition coefficient (Wildman–Crippen LogP) is 2.82. The molecule has 2 aliphatic rings. The minimum absolute atomic E-state index is 0.787. The molecule has 0 heterocycles. The molecule has 1 spiro atoms. The monoisotopic (exact) mass is 224 g/mol. The lowest BCUT2D eigenvalue weighted by Crippen LogP contribution is -2.37. The molecule has 0 aromatic rings. The molecule has 0 radical (unpaired) electrons. The summed E-state index contributed by atoms with van der Waals surface area (Å²) >= 11 is 0. The van der Waals surface area contributed by atoms with Crippen LogP contribution in [0.1, 0.15) is 64.2 Å². The van der Waals surface area contributed by atoms with Gasteiger partial charge in [0.25, 0.3) is 0 Å². The number of nitrogens with two attached hydrogens (primary N) is 1. The molecule has 0 bridgehead atoms. The fourth-order valence-electron chi connectivity index (χ4n) is 3.63. The van der Waals surface area contributed by atoms with E-state index in [1.807, 2.05) is 0 Å². The zero-order valence-corrected chi connectivity index (χ0v) is 10.6. The summed E-state index contributed by atoms with van der Waals surface area (Å²) in [4.78, 5) is 0. The Labute approximate surface area is 100 Å². The van der Waals surface area contributed by atoms with E-state index in [0.29, 0.717) is 0 Å². The molecule has 16 heavy (non-hydrogen) atoms. The molecule has 2 heteroatoms. The van der Waals surface area contributed by atoms with Crippen LogP contribution in [0.25, 0.3) is 0 Å². The molecule has 2 rings (SSSR count). The first-order chi connectivity index (χ1) is 7.85. The van der Waals surface area contributed by atoms with Crippen molar-refractivity contribution in [3.63, 3.8) is 0 Å². The Hall–Kier alpha value is -0.0800. The second kappa shape index (κ2) is 6.02. The summed E-state index contributed by atoms with van der Waals surface area (Å²) < 4.78 is 0. The van der Waals surface area contributed by atoms with Crippen LogP contribution in [-0.4, -0.2) is 19.1 Å². The summed E-state index contributed by atoms with van der Waals surface area (Å²) in [6.45, 7) is 2.02. The summed E-state index contributed by atoms with van der Waals surface area (Å²) in [5.74, 6) is 0. The summed E-state index contributed by atoms with van der Waals surface area (Å²) in [7, 11) is 0. The first kappa shape index (κ1) is 12.4. The third-order valence-electron chi connectivity index (χ3n) is 4.77. The Morgan fingerprint density at radius 2 is 1.69 bits per heavy atom. The van der Waals surface area contributed by atoms with E-state index in [4.69, 9.17) is 5.73 Å². The Morgan fingerprint density at radius 1 is 1.00 bits per heavy atom. The van der Waals surface area contributed by atoms with Crippen LogP contribution in [0.4, 0.5) is 0 Å². The minimum atomic E-state index is 0.787. The average molecular weight is 224 g/mol. The van der Waals surface area contributed by atoms with Crippen LogP contribution in [0.5, 0.6) is 0 Å². The minimum Gasteiger partial charge on any atom is -0.330 e. The van der Waals surface area contributed by atoms with Crippen molar-refractivity contribution in [3.05, 3.63) is 0 Å². The van der Waals surface area contributed by atoms with Gasteiger partial charge in [0.05, 0.1) is 0 Å². The van der Waals surface area contributed by atoms with Gasteiger partial charge in [-0.25, -0.2) is 0 Å². The molecule has 2 saturated carbocycles.